The molecule has 0 aliphatic carbocycles. The van der Waals surface area contributed by atoms with Crippen molar-refractivity contribution >= 4 is 23.5 Å². The quantitative estimate of drug-likeness (QED) is 0.361. The summed E-state index contributed by atoms with van der Waals surface area (Å²) in [6.07, 6.45) is 2.17. The molecule has 0 bridgehead atoms. The number of piperidine rings is 1. The number of halogens is 1. The van der Waals surface area contributed by atoms with Crippen molar-refractivity contribution in [2.45, 2.75) is 25.4 Å². The predicted octanol–water partition coefficient (Wildman–Crippen LogP) is 2.90. The van der Waals surface area contributed by atoms with Crippen molar-refractivity contribution in [3.63, 3.8) is 0 Å². The number of aliphatic imine (C=N–C) groups is 1. The van der Waals surface area contributed by atoms with E-state index in [-0.39, 0.29) is 5.91 Å². The Hall–Kier alpha value is -2.57. The van der Waals surface area contributed by atoms with Gasteiger partial charge in [-0.3, -0.25) is 14.7 Å². The Balaban J connectivity index is 1.33. The van der Waals surface area contributed by atoms with Crippen LogP contribution in [0.4, 0.5) is 0 Å². The van der Waals surface area contributed by atoms with E-state index in [0.717, 1.165) is 38.4 Å². The summed E-state index contributed by atoms with van der Waals surface area (Å²) in [5, 5.41) is 10.3. The number of hydrogen-bond acceptors (Lipinski definition) is 3. The van der Waals surface area contributed by atoms with E-state index < -0.39 is 0 Å². The van der Waals surface area contributed by atoms with Crippen LogP contribution in [-0.4, -0.2) is 56.0 Å². The SMILES string of the molecule is CN=C(NCCNC(=O)c1ccc(Cl)cc1)NC1CCN(Cc2ccccc2)CC1. The molecule has 0 atom stereocenters. The molecule has 2 aromatic carbocycles. The second-order valence-corrected chi connectivity index (χ2v) is 7.88. The van der Waals surface area contributed by atoms with Crippen molar-refractivity contribution in [1.29, 1.82) is 0 Å². The summed E-state index contributed by atoms with van der Waals surface area (Å²) in [5.74, 6) is 0.666. The van der Waals surface area contributed by atoms with E-state index in [9.17, 15) is 4.79 Å². The minimum atomic E-state index is -0.109. The summed E-state index contributed by atoms with van der Waals surface area (Å²) in [6, 6.07) is 17.9. The summed E-state index contributed by atoms with van der Waals surface area (Å²) >= 11 is 5.85. The van der Waals surface area contributed by atoms with Gasteiger partial charge in [0, 0.05) is 56.4 Å². The largest absolute Gasteiger partial charge is 0.355 e. The molecular weight excluding hydrogens is 398 g/mol. The normalized spacial score (nSPS) is 15.6. The lowest BCUT2D eigenvalue weighted by Gasteiger charge is -2.33. The molecule has 0 unspecified atom stereocenters. The lowest BCUT2D eigenvalue weighted by molar-refractivity contribution is 0.0954. The van der Waals surface area contributed by atoms with E-state index in [2.05, 4.69) is 56.2 Å². The monoisotopic (exact) mass is 427 g/mol. The summed E-state index contributed by atoms with van der Waals surface area (Å²) < 4.78 is 0. The molecule has 1 fully saturated rings. The third-order valence-corrected chi connectivity index (χ3v) is 5.46. The maximum atomic E-state index is 12.1. The number of benzene rings is 2. The number of carbonyl (C=O) groups excluding carboxylic acids is 1. The van der Waals surface area contributed by atoms with E-state index in [4.69, 9.17) is 11.6 Å². The first-order chi connectivity index (χ1) is 14.6. The van der Waals surface area contributed by atoms with Gasteiger partial charge in [0.1, 0.15) is 0 Å². The summed E-state index contributed by atoms with van der Waals surface area (Å²) in [5.41, 5.74) is 1.96. The van der Waals surface area contributed by atoms with E-state index in [1.54, 1.807) is 31.3 Å². The first kappa shape index (κ1) is 22.1. The zero-order valence-electron chi connectivity index (χ0n) is 17.4. The van der Waals surface area contributed by atoms with Gasteiger partial charge >= 0.3 is 0 Å². The molecule has 1 amide bonds. The molecule has 3 N–H and O–H groups in total. The fourth-order valence-corrected chi connectivity index (χ4v) is 3.65. The molecule has 0 saturated carbocycles. The molecule has 1 aliphatic heterocycles. The molecule has 3 rings (SSSR count). The smallest absolute Gasteiger partial charge is 0.251 e. The minimum Gasteiger partial charge on any atom is -0.355 e. The number of likely N-dealkylation sites (tertiary alicyclic amines) is 1. The van der Waals surface area contributed by atoms with Crippen molar-refractivity contribution in [2.75, 3.05) is 33.2 Å². The number of amides is 1. The lowest BCUT2D eigenvalue weighted by atomic mass is 10.0. The average molecular weight is 428 g/mol. The van der Waals surface area contributed by atoms with Gasteiger partial charge in [-0.25, -0.2) is 0 Å². The first-order valence-corrected chi connectivity index (χ1v) is 10.8. The van der Waals surface area contributed by atoms with Crippen LogP contribution in [0.5, 0.6) is 0 Å². The van der Waals surface area contributed by atoms with Crippen LogP contribution in [0.2, 0.25) is 5.02 Å². The maximum Gasteiger partial charge on any atom is 0.251 e. The number of hydrogen-bond donors (Lipinski definition) is 3. The second kappa shape index (κ2) is 11.6. The Bertz CT molecular complexity index is 817. The van der Waals surface area contributed by atoms with Crippen molar-refractivity contribution in [1.82, 2.24) is 20.9 Å². The van der Waals surface area contributed by atoms with Crippen LogP contribution in [0.15, 0.2) is 59.6 Å². The van der Waals surface area contributed by atoms with Crippen LogP contribution < -0.4 is 16.0 Å². The highest BCUT2D eigenvalue weighted by Crippen LogP contribution is 2.14. The molecule has 0 spiro atoms. The van der Waals surface area contributed by atoms with Gasteiger partial charge in [-0.05, 0) is 42.7 Å². The van der Waals surface area contributed by atoms with Gasteiger partial charge in [-0.2, -0.15) is 0 Å². The fraction of sp³-hybridized carbons (Fsp3) is 0.391. The van der Waals surface area contributed by atoms with E-state index in [0.29, 0.717) is 29.7 Å². The minimum absolute atomic E-state index is 0.109. The van der Waals surface area contributed by atoms with Crippen LogP contribution in [0.3, 0.4) is 0 Å². The second-order valence-electron chi connectivity index (χ2n) is 7.44. The van der Waals surface area contributed by atoms with Gasteiger partial charge in [0.05, 0.1) is 0 Å². The van der Waals surface area contributed by atoms with Crippen molar-refractivity contribution < 1.29 is 4.79 Å². The van der Waals surface area contributed by atoms with Crippen molar-refractivity contribution in [3.05, 3.63) is 70.7 Å². The Labute approximate surface area is 183 Å². The molecule has 2 aromatic rings. The van der Waals surface area contributed by atoms with Crippen LogP contribution >= 0.6 is 11.6 Å². The third-order valence-electron chi connectivity index (χ3n) is 5.21. The molecule has 1 heterocycles. The predicted molar refractivity (Wildman–Crippen MR) is 123 cm³/mol. The Kier molecular flexibility index (Phi) is 8.53. The van der Waals surface area contributed by atoms with Gasteiger partial charge < -0.3 is 16.0 Å². The number of nitrogens with zero attached hydrogens (tertiary/aromatic N) is 2. The number of rotatable bonds is 7. The fourth-order valence-electron chi connectivity index (χ4n) is 3.53. The van der Waals surface area contributed by atoms with Crippen LogP contribution in [-0.2, 0) is 6.54 Å². The summed E-state index contributed by atoms with van der Waals surface area (Å²) in [4.78, 5) is 18.9. The van der Waals surface area contributed by atoms with Crippen molar-refractivity contribution in [3.8, 4) is 0 Å². The summed E-state index contributed by atoms with van der Waals surface area (Å²) in [7, 11) is 1.77. The highest BCUT2D eigenvalue weighted by Gasteiger charge is 2.20. The van der Waals surface area contributed by atoms with Gasteiger partial charge in [0.2, 0.25) is 0 Å². The van der Waals surface area contributed by atoms with E-state index in [1.165, 1.54) is 5.56 Å². The molecular formula is C23H30ClN5O. The molecule has 160 valence electrons. The summed E-state index contributed by atoms with van der Waals surface area (Å²) in [6.45, 7) is 4.26. The number of guanidine groups is 1. The maximum absolute atomic E-state index is 12.1. The zero-order chi connectivity index (χ0) is 21.2. The number of carbonyl (C=O) groups is 1. The lowest BCUT2D eigenvalue weighted by Crippen LogP contribution is -2.49. The topological polar surface area (TPSA) is 68.8 Å². The van der Waals surface area contributed by atoms with Crippen molar-refractivity contribution in [2.24, 2.45) is 4.99 Å². The van der Waals surface area contributed by atoms with Crippen LogP contribution in [0.25, 0.3) is 0 Å². The molecule has 0 radical (unpaired) electrons. The standard InChI is InChI=1S/C23H30ClN5O/c1-25-23(27-14-13-26-22(30)19-7-9-20(24)10-8-19)28-21-11-15-29(16-12-21)17-18-5-3-2-4-6-18/h2-10,21H,11-17H2,1H3,(H,26,30)(H2,25,27,28). The first-order valence-electron chi connectivity index (χ1n) is 10.4. The van der Waals surface area contributed by atoms with Crippen LogP contribution in [0.1, 0.15) is 28.8 Å². The molecule has 7 heteroatoms. The Morgan fingerprint density at radius 2 is 1.70 bits per heavy atom. The van der Waals surface area contributed by atoms with Gasteiger partial charge in [-0.1, -0.05) is 41.9 Å². The molecule has 30 heavy (non-hydrogen) atoms. The molecule has 1 aliphatic rings. The third kappa shape index (κ3) is 7.04. The van der Waals surface area contributed by atoms with Gasteiger partial charge in [0.25, 0.3) is 5.91 Å². The van der Waals surface area contributed by atoms with Gasteiger partial charge in [0.15, 0.2) is 5.96 Å². The Morgan fingerprint density at radius 1 is 1.03 bits per heavy atom. The van der Waals surface area contributed by atoms with Gasteiger partial charge in [-0.15, -0.1) is 0 Å². The molecule has 6 nitrogen and oxygen atoms in total. The van der Waals surface area contributed by atoms with E-state index in [1.807, 2.05) is 0 Å². The Morgan fingerprint density at radius 3 is 2.37 bits per heavy atom. The van der Waals surface area contributed by atoms with E-state index >= 15 is 0 Å². The molecule has 1 saturated heterocycles. The molecule has 0 aromatic heterocycles. The van der Waals surface area contributed by atoms with Crippen LogP contribution in [0, 0.1) is 0 Å². The highest BCUT2D eigenvalue weighted by atomic mass is 35.5. The zero-order valence-corrected chi connectivity index (χ0v) is 18.2. The number of nitrogens with one attached hydrogen (secondary N) is 3. The average Bonchev–Trinajstić information content (AvgIpc) is 2.78. The highest BCUT2D eigenvalue weighted by molar-refractivity contribution is 6.30.